The van der Waals surface area contributed by atoms with Crippen molar-refractivity contribution in [2.75, 3.05) is 5.75 Å². The van der Waals surface area contributed by atoms with Crippen molar-refractivity contribution < 1.29 is 18.0 Å². The predicted molar refractivity (Wildman–Crippen MR) is 131 cm³/mol. The summed E-state index contributed by atoms with van der Waals surface area (Å²) in [7, 11) is 0. The summed E-state index contributed by atoms with van der Waals surface area (Å²) >= 11 is 1.24. The summed E-state index contributed by atoms with van der Waals surface area (Å²) in [6.07, 6.45) is -1.52. The molecule has 5 rings (SSSR count). The number of fused-ring (bicyclic) bond motifs is 2. The van der Waals surface area contributed by atoms with E-state index in [0.29, 0.717) is 17.2 Å². The first kappa shape index (κ1) is 23.5. The number of carbonyl (C=O) groups excluding carboxylic acids is 1. The zero-order chi connectivity index (χ0) is 24.4. The first-order chi connectivity index (χ1) is 16.9. The fraction of sp³-hybridized carbons (Fsp3) is 0.259. The van der Waals surface area contributed by atoms with Crippen molar-refractivity contribution >= 4 is 28.7 Å². The van der Waals surface area contributed by atoms with Gasteiger partial charge in [0.2, 0.25) is 5.91 Å². The van der Waals surface area contributed by atoms with Gasteiger partial charge in [-0.2, -0.15) is 13.2 Å². The minimum atomic E-state index is -4.44. The van der Waals surface area contributed by atoms with Crippen molar-refractivity contribution in [3.05, 3.63) is 95.1 Å². The van der Waals surface area contributed by atoms with E-state index in [2.05, 4.69) is 22.4 Å². The summed E-state index contributed by atoms with van der Waals surface area (Å²) in [5.41, 5.74) is 3.55. The molecule has 1 aliphatic carbocycles. The molecule has 0 saturated carbocycles. The first-order valence-corrected chi connectivity index (χ1v) is 12.5. The topological polar surface area (TPSA) is 46.9 Å². The molecule has 8 heteroatoms. The normalized spacial score (nSPS) is 15.7. The number of rotatable bonds is 6. The van der Waals surface area contributed by atoms with Crippen LogP contribution in [-0.2, 0) is 23.9 Å². The van der Waals surface area contributed by atoms with Gasteiger partial charge in [0.1, 0.15) is 0 Å². The number of imidazole rings is 1. The molecule has 1 atom stereocenters. The maximum atomic E-state index is 13.3. The zero-order valence-electron chi connectivity index (χ0n) is 18.9. The van der Waals surface area contributed by atoms with Crippen molar-refractivity contribution in [3.8, 4) is 0 Å². The number of alkyl halides is 3. The largest absolute Gasteiger partial charge is 0.416 e. The van der Waals surface area contributed by atoms with Gasteiger partial charge in [-0.1, -0.05) is 66.4 Å². The molecule has 0 saturated heterocycles. The molecule has 0 spiro atoms. The van der Waals surface area contributed by atoms with Crippen molar-refractivity contribution in [2.45, 2.75) is 43.2 Å². The van der Waals surface area contributed by atoms with Crippen LogP contribution in [0.15, 0.2) is 78.0 Å². The SMILES string of the molecule is O=C(CSc1nc2cc(C(F)(F)F)ccc2n1Cc1ccccc1)NC1CCCc2ccccc21. The summed E-state index contributed by atoms with van der Waals surface area (Å²) < 4.78 is 41.7. The predicted octanol–water partition coefficient (Wildman–Crippen LogP) is 6.39. The molecule has 0 radical (unpaired) electrons. The summed E-state index contributed by atoms with van der Waals surface area (Å²) in [5.74, 6) is 0.00844. The van der Waals surface area contributed by atoms with E-state index in [4.69, 9.17) is 0 Å². The minimum Gasteiger partial charge on any atom is -0.349 e. The van der Waals surface area contributed by atoms with Crippen molar-refractivity contribution in [2.24, 2.45) is 0 Å². The van der Waals surface area contributed by atoms with Gasteiger partial charge in [0.15, 0.2) is 5.16 Å². The van der Waals surface area contributed by atoms with Gasteiger partial charge >= 0.3 is 6.18 Å². The molecule has 3 aromatic carbocycles. The molecule has 0 fully saturated rings. The number of nitrogens with zero attached hydrogens (tertiary/aromatic N) is 2. The smallest absolute Gasteiger partial charge is 0.349 e. The van der Waals surface area contributed by atoms with Gasteiger partial charge in [-0.3, -0.25) is 4.79 Å². The lowest BCUT2D eigenvalue weighted by Gasteiger charge is -2.26. The lowest BCUT2D eigenvalue weighted by atomic mass is 9.88. The highest BCUT2D eigenvalue weighted by molar-refractivity contribution is 7.99. The number of aromatic nitrogens is 2. The van der Waals surface area contributed by atoms with Gasteiger partial charge in [-0.05, 0) is 54.2 Å². The first-order valence-electron chi connectivity index (χ1n) is 11.5. The van der Waals surface area contributed by atoms with E-state index < -0.39 is 11.7 Å². The van der Waals surface area contributed by atoms with E-state index in [9.17, 15) is 18.0 Å². The molecule has 35 heavy (non-hydrogen) atoms. The monoisotopic (exact) mass is 495 g/mol. The Morgan fingerprint density at radius 1 is 1.06 bits per heavy atom. The van der Waals surface area contributed by atoms with Crippen LogP contribution in [0.5, 0.6) is 0 Å². The number of amides is 1. The van der Waals surface area contributed by atoms with Crippen LogP contribution in [0.2, 0.25) is 0 Å². The Hall–Kier alpha value is -3.26. The van der Waals surface area contributed by atoms with Gasteiger partial charge in [-0.15, -0.1) is 0 Å². The lowest BCUT2D eigenvalue weighted by molar-refractivity contribution is -0.137. The molecule has 4 nitrogen and oxygen atoms in total. The van der Waals surface area contributed by atoms with E-state index in [1.807, 2.05) is 47.0 Å². The number of nitrogens with one attached hydrogen (secondary N) is 1. The standard InChI is InChI=1S/C27H24F3N3OS/c28-27(29,30)20-13-14-24-23(15-20)32-26(33(24)16-18-7-2-1-3-8-18)35-17-25(34)31-22-12-6-10-19-9-4-5-11-21(19)22/h1-5,7-9,11,13-15,22H,6,10,12,16-17H2,(H,31,34). The molecular formula is C27H24F3N3OS. The zero-order valence-corrected chi connectivity index (χ0v) is 19.7. The molecule has 0 bridgehead atoms. The quantitative estimate of drug-likeness (QED) is 0.315. The van der Waals surface area contributed by atoms with E-state index >= 15 is 0 Å². The van der Waals surface area contributed by atoms with Crippen molar-refractivity contribution in [1.82, 2.24) is 14.9 Å². The molecule has 1 aliphatic rings. The van der Waals surface area contributed by atoms with Gasteiger partial charge in [0, 0.05) is 0 Å². The molecule has 1 amide bonds. The highest BCUT2D eigenvalue weighted by atomic mass is 32.2. The molecule has 1 heterocycles. The molecule has 1 unspecified atom stereocenters. The van der Waals surface area contributed by atoms with Crippen LogP contribution in [-0.4, -0.2) is 21.2 Å². The average Bonchev–Trinajstić information content (AvgIpc) is 3.19. The summed E-state index contributed by atoms with van der Waals surface area (Å²) in [6.45, 7) is 0.447. The second kappa shape index (κ2) is 9.77. The summed E-state index contributed by atoms with van der Waals surface area (Å²) in [4.78, 5) is 17.3. The Labute approximate surface area is 205 Å². The van der Waals surface area contributed by atoms with Crippen LogP contribution >= 0.6 is 11.8 Å². The Morgan fingerprint density at radius 3 is 2.63 bits per heavy atom. The van der Waals surface area contributed by atoms with Crippen molar-refractivity contribution in [1.29, 1.82) is 0 Å². The fourth-order valence-corrected chi connectivity index (χ4v) is 5.41. The maximum Gasteiger partial charge on any atom is 0.416 e. The number of hydrogen-bond donors (Lipinski definition) is 1. The Bertz CT molecular complexity index is 1350. The molecular weight excluding hydrogens is 471 g/mol. The molecule has 1 aromatic heterocycles. The van der Waals surface area contributed by atoms with Gasteiger partial charge < -0.3 is 9.88 Å². The van der Waals surface area contributed by atoms with Gasteiger partial charge in [0.25, 0.3) is 0 Å². The fourth-order valence-electron chi connectivity index (χ4n) is 4.58. The van der Waals surface area contributed by atoms with Gasteiger partial charge in [0.05, 0.1) is 34.9 Å². The molecule has 1 N–H and O–H groups in total. The second-order valence-corrected chi connectivity index (χ2v) is 9.61. The Balaban J connectivity index is 1.38. The van der Waals surface area contributed by atoms with Crippen molar-refractivity contribution in [3.63, 3.8) is 0 Å². The van der Waals surface area contributed by atoms with E-state index in [1.54, 1.807) is 0 Å². The molecule has 180 valence electrons. The Kier molecular flexibility index (Phi) is 6.56. The third-order valence-corrected chi connectivity index (χ3v) is 7.24. The number of hydrogen-bond acceptors (Lipinski definition) is 3. The number of aryl methyl sites for hydroxylation is 1. The minimum absolute atomic E-state index is 0.0227. The van der Waals surface area contributed by atoms with Crippen LogP contribution in [0, 0.1) is 0 Å². The van der Waals surface area contributed by atoms with E-state index in [1.165, 1.54) is 23.4 Å². The van der Waals surface area contributed by atoms with Crippen LogP contribution in [0.1, 0.15) is 41.1 Å². The maximum absolute atomic E-state index is 13.3. The van der Waals surface area contributed by atoms with Crippen LogP contribution in [0.4, 0.5) is 13.2 Å². The lowest BCUT2D eigenvalue weighted by Crippen LogP contribution is -2.32. The highest BCUT2D eigenvalue weighted by Gasteiger charge is 2.31. The van der Waals surface area contributed by atoms with Crippen LogP contribution in [0.3, 0.4) is 0 Å². The third kappa shape index (κ3) is 5.22. The van der Waals surface area contributed by atoms with E-state index in [-0.39, 0.29) is 23.2 Å². The summed E-state index contributed by atoms with van der Waals surface area (Å²) in [6, 6.07) is 21.4. The van der Waals surface area contributed by atoms with E-state index in [0.717, 1.165) is 42.5 Å². The van der Waals surface area contributed by atoms with Gasteiger partial charge in [-0.25, -0.2) is 4.98 Å². The number of halogens is 3. The highest BCUT2D eigenvalue weighted by Crippen LogP contribution is 2.34. The molecule has 0 aliphatic heterocycles. The number of benzene rings is 3. The summed E-state index contributed by atoms with van der Waals surface area (Å²) in [5, 5.41) is 3.65. The Morgan fingerprint density at radius 2 is 1.83 bits per heavy atom. The molecule has 4 aromatic rings. The van der Waals surface area contributed by atoms with Crippen LogP contribution < -0.4 is 5.32 Å². The second-order valence-electron chi connectivity index (χ2n) is 8.67. The van der Waals surface area contributed by atoms with Crippen LogP contribution in [0.25, 0.3) is 11.0 Å². The third-order valence-electron chi connectivity index (χ3n) is 6.26. The number of thioether (sulfide) groups is 1. The number of carbonyl (C=O) groups is 1. The average molecular weight is 496 g/mol.